The highest BCUT2D eigenvalue weighted by molar-refractivity contribution is 7.85. The summed E-state index contributed by atoms with van der Waals surface area (Å²) in [6.07, 6.45) is 7.66. The molecule has 0 N–H and O–H groups in total. The Hall–Kier alpha value is -1.00. The first-order valence-corrected chi connectivity index (χ1v) is 9.61. The Morgan fingerprint density at radius 1 is 1.22 bits per heavy atom. The van der Waals surface area contributed by atoms with E-state index in [-0.39, 0.29) is 10.2 Å². The van der Waals surface area contributed by atoms with Crippen LogP contribution in [0.3, 0.4) is 0 Å². The molecule has 0 aliphatic heterocycles. The zero-order valence-corrected chi connectivity index (χ0v) is 15.4. The monoisotopic (exact) mass is 335 g/mol. The highest BCUT2D eigenvalue weighted by Gasteiger charge is 2.32. The zero-order valence-electron chi connectivity index (χ0n) is 14.6. The van der Waals surface area contributed by atoms with E-state index in [1.807, 2.05) is 45.2 Å². The van der Waals surface area contributed by atoms with Gasteiger partial charge in [0.25, 0.3) is 0 Å². The minimum Gasteiger partial charge on any atom is -0.377 e. The zero-order chi connectivity index (χ0) is 16.8. The number of nitrogens with zero attached hydrogens (tertiary/aromatic N) is 1. The lowest BCUT2D eigenvalue weighted by atomic mass is 9.84. The van der Waals surface area contributed by atoms with Crippen LogP contribution in [0.25, 0.3) is 0 Å². The maximum atomic E-state index is 12.2. The van der Waals surface area contributed by atoms with Gasteiger partial charge in [0.05, 0.1) is 11.4 Å². The summed E-state index contributed by atoms with van der Waals surface area (Å²) in [5, 5.41) is 0. The quantitative estimate of drug-likeness (QED) is 0.536. The van der Waals surface area contributed by atoms with Crippen molar-refractivity contribution in [3.05, 3.63) is 35.9 Å². The van der Waals surface area contributed by atoms with Gasteiger partial charge in [-0.25, -0.2) is 4.21 Å². The highest BCUT2D eigenvalue weighted by Crippen LogP contribution is 2.39. The third-order valence-electron chi connectivity index (χ3n) is 4.40. The van der Waals surface area contributed by atoms with Crippen molar-refractivity contribution in [2.24, 2.45) is 9.81 Å². The van der Waals surface area contributed by atoms with E-state index in [9.17, 15) is 4.21 Å². The molecule has 0 radical (unpaired) electrons. The normalized spacial score (nSPS) is 19.3. The molecule has 0 amide bonds. The number of benzene rings is 1. The van der Waals surface area contributed by atoms with Gasteiger partial charge in [0.15, 0.2) is 0 Å². The average molecular weight is 336 g/mol. The molecule has 23 heavy (non-hydrogen) atoms. The summed E-state index contributed by atoms with van der Waals surface area (Å²) in [4.78, 5) is 0. The molecule has 1 aliphatic carbocycles. The summed E-state index contributed by atoms with van der Waals surface area (Å²) in [5.41, 5.74) is 1.29. The Bertz CT molecular complexity index is 528. The predicted octanol–water partition coefficient (Wildman–Crippen LogP) is 4.69. The lowest BCUT2D eigenvalue weighted by molar-refractivity contribution is 0.100. The van der Waals surface area contributed by atoms with Crippen molar-refractivity contribution in [3.8, 4) is 0 Å². The van der Waals surface area contributed by atoms with Crippen molar-refractivity contribution >= 4 is 17.2 Å². The lowest BCUT2D eigenvalue weighted by Gasteiger charge is -2.24. The molecule has 1 aliphatic rings. The fourth-order valence-corrected chi connectivity index (χ4v) is 3.52. The summed E-state index contributed by atoms with van der Waals surface area (Å²) in [6, 6.07) is 10.2. The average Bonchev–Trinajstić information content (AvgIpc) is 2.99. The minimum absolute atomic E-state index is 0.0810. The van der Waals surface area contributed by atoms with Gasteiger partial charge in [0.2, 0.25) is 0 Å². The first kappa shape index (κ1) is 18.3. The second-order valence-corrected chi connectivity index (χ2v) is 9.39. The van der Waals surface area contributed by atoms with Crippen LogP contribution in [-0.4, -0.2) is 21.8 Å². The van der Waals surface area contributed by atoms with E-state index in [4.69, 9.17) is 4.74 Å². The van der Waals surface area contributed by atoms with Gasteiger partial charge < -0.3 is 4.74 Å². The van der Waals surface area contributed by atoms with E-state index in [1.165, 1.54) is 18.4 Å². The molecule has 1 aromatic carbocycles. The molecule has 2 rings (SSSR count). The molecular weight excluding hydrogens is 306 g/mol. The van der Waals surface area contributed by atoms with Crippen molar-refractivity contribution in [1.29, 1.82) is 0 Å². The fraction of sp³-hybridized carbons (Fsp3) is 0.632. The molecule has 1 fully saturated rings. The Balaban J connectivity index is 1.86. The summed E-state index contributed by atoms with van der Waals surface area (Å²) >= 11 is 0. The van der Waals surface area contributed by atoms with Gasteiger partial charge in [-0.15, -0.1) is 0 Å². The van der Waals surface area contributed by atoms with E-state index >= 15 is 0 Å². The van der Waals surface area contributed by atoms with Crippen molar-refractivity contribution in [3.63, 3.8) is 0 Å². The Morgan fingerprint density at radius 3 is 2.48 bits per heavy atom. The lowest BCUT2D eigenvalue weighted by Crippen LogP contribution is -2.24. The summed E-state index contributed by atoms with van der Waals surface area (Å²) in [6.45, 7) is 7.27. The van der Waals surface area contributed by atoms with Crippen LogP contribution in [-0.2, 0) is 22.3 Å². The maximum Gasteiger partial charge on any atom is 0.144 e. The van der Waals surface area contributed by atoms with Crippen LogP contribution < -0.4 is 0 Å². The molecule has 1 aromatic rings. The second-order valence-electron chi connectivity index (χ2n) is 7.45. The molecule has 1 saturated carbocycles. The SMILES string of the molecule is CC(C)(C)[S@@](=O)/N=C\C1(CCOCc2ccccc2)CCCC1. The van der Waals surface area contributed by atoms with Crippen LogP contribution in [0.4, 0.5) is 0 Å². The summed E-state index contributed by atoms with van der Waals surface area (Å²) in [5.74, 6) is 0. The number of hydrogen-bond acceptors (Lipinski definition) is 2. The van der Waals surface area contributed by atoms with Crippen molar-refractivity contribution in [2.75, 3.05) is 6.61 Å². The number of ether oxygens (including phenoxy) is 1. The van der Waals surface area contributed by atoms with Crippen molar-refractivity contribution in [1.82, 2.24) is 0 Å². The molecule has 0 heterocycles. The van der Waals surface area contributed by atoms with Crippen LogP contribution in [0.2, 0.25) is 0 Å². The largest absolute Gasteiger partial charge is 0.377 e. The first-order chi connectivity index (χ1) is 10.9. The standard InChI is InChI=1S/C19H29NO2S/c1-18(2,3)23(21)20-16-19(11-7-8-12-19)13-14-22-15-17-9-5-4-6-10-17/h4-6,9-10,16H,7-8,11-15H2,1-3H3/b20-16-/t23-/m1/s1. The predicted molar refractivity (Wildman–Crippen MR) is 98.0 cm³/mol. The van der Waals surface area contributed by atoms with Crippen LogP contribution in [0.1, 0.15) is 58.4 Å². The number of rotatable bonds is 7. The van der Waals surface area contributed by atoms with Crippen molar-refractivity contribution < 1.29 is 8.95 Å². The highest BCUT2D eigenvalue weighted by atomic mass is 32.2. The molecule has 3 nitrogen and oxygen atoms in total. The summed E-state index contributed by atoms with van der Waals surface area (Å²) < 4.78 is 22.1. The summed E-state index contributed by atoms with van der Waals surface area (Å²) in [7, 11) is -1.17. The van der Waals surface area contributed by atoms with Gasteiger partial charge >= 0.3 is 0 Å². The van der Waals surface area contributed by atoms with Crippen molar-refractivity contribution in [2.45, 2.75) is 64.2 Å². The van der Waals surface area contributed by atoms with E-state index in [0.717, 1.165) is 25.9 Å². The van der Waals surface area contributed by atoms with Crippen LogP contribution in [0.15, 0.2) is 34.7 Å². The minimum atomic E-state index is -1.17. The molecule has 4 heteroatoms. The molecule has 128 valence electrons. The van der Waals surface area contributed by atoms with Crippen LogP contribution >= 0.6 is 0 Å². The van der Waals surface area contributed by atoms with Gasteiger partial charge in [0, 0.05) is 18.2 Å². The van der Waals surface area contributed by atoms with Crippen LogP contribution in [0.5, 0.6) is 0 Å². The molecule has 0 aromatic heterocycles. The van der Waals surface area contributed by atoms with E-state index in [1.54, 1.807) is 0 Å². The van der Waals surface area contributed by atoms with Gasteiger partial charge in [-0.2, -0.15) is 4.40 Å². The topological polar surface area (TPSA) is 38.7 Å². The first-order valence-electron chi connectivity index (χ1n) is 8.50. The Kier molecular flexibility index (Phi) is 6.54. The van der Waals surface area contributed by atoms with Gasteiger partial charge in [-0.3, -0.25) is 0 Å². The van der Waals surface area contributed by atoms with E-state index < -0.39 is 11.0 Å². The maximum absolute atomic E-state index is 12.2. The molecule has 0 bridgehead atoms. The fourth-order valence-electron chi connectivity index (χ4n) is 2.88. The van der Waals surface area contributed by atoms with E-state index in [0.29, 0.717) is 6.61 Å². The molecule has 0 unspecified atom stereocenters. The molecule has 0 spiro atoms. The van der Waals surface area contributed by atoms with Crippen LogP contribution in [0, 0.1) is 5.41 Å². The third-order valence-corrected chi connectivity index (χ3v) is 5.75. The van der Waals surface area contributed by atoms with Gasteiger partial charge in [0.1, 0.15) is 11.0 Å². The third kappa shape index (κ3) is 5.85. The Labute approximate surface area is 143 Å². The van der Waals surface area contributed by atoms with Gasteiger partial charge in [-0.1, -0.05) is 43.2 Å². The second kappa shape index (κ2) is 8.20. The molecule has 0 saturated heterocycles. The molecule has 1 atom stereocenters. The number of hydrogen-bond donors (Lipinski definition) is 0. The molecular formula is C19H29NO2S. The van der Waals surface area contributed by atoms with Gasteiger partial charge in [-0.05, 0) is 45.6 Å². The van der Waals surface area contributed by atoms with E-state index in [2.05, 4.69) is 16.5 Å². The smallest absolute Gasteiger partial charge is 0.144 e. The Morgan fingerprint density at radius 2 is 1.87 bits per heavy atom.